The lowest BCUT2D eigenvalue weighted by atomic mass is 10.0. The highest BCUT2D eigenvalue weighted by Gasteiger charge is 2.19. The second-order valence-corrected chi connectivity index (χ2v) is 8.27. The first kappa shape index (κ1) is 18.2. The lowest BCUT2D eigenvalue weighted by molar-refractivity contribution is 0.00258. The van der Waals surface area contributed by atoms with E-state index in [-0.39, 0.29) is 11.5 Å². The molecule has 5 nitrogen and oxygen atoms in total. The van der Waals surface area contributed by atoms with Gasteiger partial charge in [0.25, 0.3) is 0 Å². The van der Waals surface area contributed by atoms with E-state index in [1.54, 1.807) is 54.6 Å². The minimum absolute atomic E-state index is 0.114. The van der Waals surface area contributed by atoms with Crippen LogP contribution in [0.5, 0.6) is 11.5 Å². The lowest BCUT2D eigenvalue weighted by Gasteiger charge is -2.14. The Kier molecular flexibility index (Phi) is 5.44. The number of rotatable bonds is 7. The van der Waals surface area contributed by atoms with Crippen LogP contribution in [0.4, 0.5) is 0 Å². The third-order valence-electron chi connectivity index (χ3n) is 4.08. The van der Waals surface area contributed by atoms with Crippen molar-refractivity contribution in [1.29, 1.82) is 0 Å². The molecule has 0 aliphatic heterocycles. The summed E-state index contributed by atoms with van der Waals surface area (Å²) in [4.78, 5) is 0. The molecule has 0 radical (unpaired) electrons. The fraction of sp³-hybridized carbons (Fsp3) is 0.200. The van der Waals surface area contributed by atoms with Gasteiger partial charge in [0, 0.05) is 5.39 Å². The van der Waals surface area contributed by atoms with E-state index in [4.69, 9.17) is 4.74 Å². The van der Waals surface area contributed by atoms with Crippen LogP contribution in [0.25, 0.3) is 10.8 Å². The Labute approximate surface area is 152 Å². The number of phenols is 1. The van der Waals surface area contributed by atoms with Gasteiger partial charge in [0.05, 0.1) is 5.75 Å². The summed E-state index contributed by atoms with van der Waals surface area (Å²) in [6, 6.07) is 19.2. The number of para-hydroxylation sites is 1. The molecule has 1 atom stereocenters. The predicted molar refractivity (Wildman–Crippen MR) is 101 cm³/mol. The van der Waals surface area contributed by atoms with Crippen molar-refractivity contribution in [2.75, 3.05) is 11.5 Å². The summed E-state index contributed by atoms with van der Waals surface area (Å²) < 4.78 is 29.9. The van der Waals surface area contributed by atoms with Crippen molar-refractivity contribution < 1.29 is 23.4 Å². The molecule has 0 aliphatic carbocycles. The third kappa shape index (κ3) is 4.53. The molecule has 0 amide bonds. The maximum absolute atomic E-state index is 12.3. The van der Waals surface area contributed by atoms with Crippen molar-refractivity contribution in [1.82, 2.24) is 0 Å². The smallest absolute Gasteiger partial charge is 0.211 e. The molecule has 1 unspecified atom stereocenters. The van der Waals surface area contributed by atoms with Gasteiger partial charge in [0.1, 0.15) is 17.3 Å². The van der Waals surface area contributed by atoms with Crippen molar-refractivity contribution in [2.24, 2.45) is 0 Å². The summed E-state index contributed by atoms with van der Waals surface area (Å²) in [7, 11) is -3.52. The molecule has 0 saturated heterocycles. The molecule has 0 saturated carbocycles. The molecule has 3 rings (SSSR count). The highest BCUT2D eigenvalue weighted by molar-refractivity contribution is 7.91. The van der Waals surface area contributed by atoms with Crippen molar-refractivity contribution in [3.05, 3.63) is 72.3 Å². The summed E-state index contributed by atoms with van der Waals surface area (Å²) >= 11 is 0. The van der Waals surface area contributed by atoms with Crippen molar-refractivity contribution in [3.63, 3.8) is 0 Å². The van der Waals surface area contributed by atoms with Gasteiger partial charge in [0.2, 0.25) is 6.29 Å². The number of hydrogen-bond donors (Lipinski definition) is 2. The molecule has 0 spiro atoms. The van der Waals surface area contributed by atoms with Gasteiger partial charge in [-0.1, -0.05) is 48.5 Å². The molecule has 0 heterocycles. The maximum Gasteiger partial charge on any atom is 0.211 e. The largest absolute Gasteiger partial charge is 0.507 e. The minimum atomic E-state index is -3.52. The molecule has 6 heteroatoms. The quantitative estimate of drug-likeness (QED) is 0.623. The number of aliphatic hydroxyl groups is 1. The van der Waals surface area contributed by atoms with Crippen LogP contribution in [-0.4, -0.2) is 36.4 Å². The molecule has 3 aromatic rings. The number of hydrogen-bond acceptors (Lipinski definition) is 5. The van der Waals surface area contributed by atoms with Gasteiger partial charge in [-0.2, -0.15) is 0 Å². The van der Waals surface area contributed by atoms with E-state index in [2.05, 4.69) is 0 Å². The zero-order chi connectivity index (χ0) is 18.6. The van der Waals surface area contributed by atoms with Gasteiger partial charge < -0.3 is 14.9 Å². The first-order valence-electron chi connectivity index (χ1n) is 8.24. The van der Waals surface area contributed by atoms with E-state index in [1.807, 2.05) is 12.1 Å². The highest BCUT2D eigenvalue weighted by Crippen LogP contribution is 2.27. The van der Waals surface area contributed by atoms with Gasteiger partial charge in [0.15, 0.2) is 9.84 Å². The maximum atomic E-state index is 12.3. The number of ether oxygens (including phenoxy) is 1. The van der Waals surface area contributed by atoms with Gasteiger partial charge in [-0.15, -0.1) is 0 Å². The van der Waals surface area contributed by atoms with Crippen LogP contribution >= 0.6 is 0 Å². The zero-order valence-electron chi connectivity index (χ0n) is 14.1. The summed E-state index contributed by atoms with van der Waals surface area (Å²) in [5.74, 6) is -0.00635. The van der Waals surface area contributed by atoms with E-state index >= 15 is 0 Å². The molecule has 26 heavy (non-hydrogen) atoms. The topological polar surface area (TPSA) is 83.8 Å². The first-order valence-corrected chi connectivity index (χ1v) is 10.1. The van der Waals surface area contributed by atoms with Gasteiger partial charge in [-0.05, 0) is 35.6 Å². The highest BCUT2D eigenvalue weighted by atomic mass is 32.2. The summed E-state index contributed by atoms with van der Waals surface area (Å²) in [5, 5.41) is 21.3. The van der Waals surface area contributed by atoms with Crippen LogP contribution in [0.2, 0.25) is 0 Å². The van der Waals surface area contributed by atoms with Crippen molar-refractivity contribution in [2.45, 2.75) is 12.7 Å². The number of fused-ring (bicyclic) bond motifs is 1. The van der Waals surface area contributed by atoms with E-state index in [9.17, 15) is 18.6 Å². The van der Waals surface area contributed by atoms with Gasteiger partial charge >= 0.3 is 0 Å². The second-order valence-electron chi connectivity index (χ2n) is 6.04. The number of aryl methyl sites for hydroxylation is 1. The molecule has 0 aromatic heterocycles. The van der Waals surface area contributed by atoms with Crippen molar-refractivity contribution >= 4 is 20.6 Å². The number of aliphatic hydroxyl groups excluding tert-OH is 1. The lowest BCUT2D eigenvalue weighted by Crippen LogP contribution is -2.28. The molecule has 0 aliphatic rings. The van der Waals surface area contributed by atoms with E-state index in [0.29, 0.717) is 17.6 Å². The van der Waals surface area contributed by atoms with E-state index in [0.717, 1.165) is 10.9 Å². The fourth-order valence-corrected chi connectivity index (χ4v) is 4.03. The molecular weight excluding hydrogens is 352 g/mol. The number of phenolic OH excluding ortho intramolecular Hbond substituents is 1. The number of benzene rings is 3. The monoisotopic (exact) mass is 372 g/mol. The summed E-state index contributed by atoms with van der Waals surface area (Å²) in [6.45, 7) is 0. The molecule has 136 valence electrons. The Morgan fingerprint density at radius 3 is 2.35 bits per heavy atom. The Morgan fingerprint density at radius 2 is 1.58 bits per heavy atom. The number of sulfone groups is 1. The summed E-state index contributed by atoms with van der Waals surface area (Å²) in [5.41, 5.74) is 0.834. The third-order valence-corrected chi connectivity index (χ3v) is 5.70. The van der Waals surface area contributed by atoms with Crippen LogP contribution in [0, 0.1) is 0 Å². The van der Waals surface area contributed by atoms with Crippen molar-refractivity contribution in [3.8, 4) is 11.5 Å². The normalized spacial score (nSPS) is 12.8. The van der Waals surface area contributed by atoms with E-state index in [1.165, 1.54) is 0 Å². The SMILES string of the molecule is O=S(=O)(CCc1cccc2c(O)cccc12)CC(O)Oc1ccccc1. The van der Waals surface area contributed by atoms with Gasteiger partial charge in [-0.3, -0.25) is 0 Å². The Morgan fingerprint density at radius 1 is 0.885 bits per heavy atom. The van der Waals surface area contributed by atoms with Gasteiger partial charge in [-0.25, -0.2) is 8.42 Å². The second kappa shape index (κ2) is 7.76. The average Bonchev–Trinajstić information content (AvgIpc) is 2.61. The molecule has 3 aromatic carbocycles. The Bertz CT molecular complexity index is 984. The minimum Gasteiger partial charge on any atom is -0.507 e. The van der Waals surface area contributed by atoms with Crippen LogP contribution < -0.4 is 4.74 Å². The zero-order valence-corrected chi connectivity index (χ0v) is 14.9. The number of aromatic hydroxyl groups is 1. The average molecular weight is 372 g/mol. The van der Waals surface area contributed by atoms with Crippen LogP contribution in [-0.2, 0) is 16.3 Å². The first-order chi connectivity index (χ1) is 12.4. The molecule has 2 N–H and O–H groups in total. The molecule has 0 fully saturated rings. The Hall–Kier alpha value is -2.57. The predicted octanol–water partition coefficient (Wildman–Crippen LogP) is 2.90. The molecule has 0 bridgehead atoms. The van der Waals surface area contributed by atoms with Crippen LogP contribution in [0.1, 0.15) is 5.56 Å². The fourth-order valence-electron chi connectivity index (χ4n) is 2.83. The summed E-state index contributed by atoms with van der Waals surface area (Å²) in [6.07, 6.45) is -1.12. The van der Waals surface area contributed by atoms with Crippen LogP contribution in [0.15, 0.2) is 66.7 Å². The standard InChI is InChI=1S/C20H20O5S/c21-19-11-5-9-17-15(6-4-10-18(17)19)12-13-26(23,24)14-20(22)25-16-7-2-1-3-8-16/h1-11,20-22H,12-14H2. The molecular formula is C20H20O5S. The van der Waals surface area contributed by atoms with E-state index < -0.39 is 21.9 Å². The van der Waals surface area contributed by atoms with Crippen LogP contribution in [0.3, 0.4) is 0 Å². The Balaban J connectivity index is 1.66.